The molecule has 0 spiro atoms. The van der Waals surface area contributed by atoms with E-state index in [1.54, 1.807) is 12.1 Å². The summed E-state index contributed by atoms with van der Waals surface area (Å²) in [6.07, 6.45) is 0. The molecule has 8 heteroatoms. The van der Waals surface area contributed by atoms with E-state index in [0.717, 1.165) is 5.56 Å². The van der Waals surface area contributed by atoms with Crippen molar-refractivity contribution in [2.24, 2.45) is 0 Å². The van der Waals surface area contributed by atoms with Gasteiger partial charge < -0.3 is 5.73 Å². The molecule has 3 N–H and O–H groups in total. The summed E-state index contributed by atoms with van der Waals surface area (Å²) < 4.78 is 26.5. The molecule has 0 aliphatic rings. The van der Waals surface area contributed by atoms with Gasteiger partial charge in [-0.15, -0.1) is 10.2 Å². The Labute approximate surface area is 115 Å². The first-order valence-corrected chi connectivity index (χ1v) is 7.13. The van der Waals surface area contributed by atoms with Crippen LogP contribution in [0.3, 0.4) is 0 Å². The second kappa shape index (κ2) is 5.02. The molecule has 19 heavy (non-hydrogen) atoms. The number of sulfonamides is 1. The van der Waals surface area contributed by atoms with Gasteiger partial charge in [-0.1, -0.05) is 17.7 Å². The Kier molecular flexibility index (Phi) is 3.59. The molecule has 1 aromatic carbocycles. The highest BCUT2D eigenvalue weighted by Crippen LogP contribution is 2.21. The number of nitrogens with zero attached hydrogens (tertiary/aromatic N) is 2. The van der Waals surface area contributed by atoms with E-state index < -0.39 is 10.0 Å². The monoisotopic (exact) mass is 298 g/mol. The van der Waals surface area contributed by atoms with Crippen molar-refractivity contribution in [2.45, 2.75) is 11.8 Å². The van der Waals surface area contributed by atoms with E-state index in [-0.39, 0.29) is 21.6 Å². The van der Waals surface area contributed by atoms with Crippen LogP contribution in [0.15, 0.2) is 35.2 Å². The molecule has 0 unspecified atom stereocenters. The number of rotatable bonds is 3. The Morgan fingerprint density at radius 1 is 1.21 bits per heavy atom. The number of halogens is 1. The maximum absolute atomic E-state index is 12.1. The van der Waals surface area contributed by atoms with E-state index in [9.17, 15) is 8.42 Å². The van der Waals surface area contributed by atoms with Gasteiger partial charge in [0.2, 0.25) is 0 Å². The molecule has 0 bridgehead atoms. The Morgan fingerprint density at radius 3 is 2.53 bits per heavy atom. The highest BCUT2D eigenvalue weighted by Gasteiger charge is 2.18. The number of nitrogens with one attached hydrogen (secondary N) is 1. The molecule has 2 rings (SSSR count). The number of nitrogens with two attached hydrogens (primary N) is 1. The van der Waals surface area contributed by atoms with Crippen molar-refractivity contribution in [2.75, 3.05) is 10.5 Å². The summed E-state index contributed by atoms with van der Waals surface area (Å²) in [5.41, 5.74) is 6.76. The van der Waals surface area contributed by atoms with Gasteiger partial charge in [-0.2, -0.15) is 0 Å². The first kappa shape index (κ1) is 13.6. The molecule has 0 saturated carbocycles. The minimum Gasteiger partial charge on any atom is -0.398 e. The Hall–Kier alpha value is -1.86. The normalized spacial score (nSPS) is 11.3. The summed E-state index contributed by atoms with van der Waals surface area (Å²) in [6, 6.07) is 7.54. The number of nitrogen functional groups attached to an aromatic ring is 1. The summed E-state index contributed by atoms with van der Waals surface area (Å²) >= 11 is 5.57. The van der Waals surface area contributed by atoms with E-state index in [2.05, 4.69) is 14.9 Å². The van der Waals surface area contributed by atoms with Crippen molar-refractivity contribution < 1.29 is 8.42 Å². The standard InChI is InChI=1S/C11H11ClN4O2S/c1-7-2-3-9(8(13)6-7)19(17,18)16-11-5-4-10(12)14-15-11/h2-6H,13H2,1H3,(H,15,16). The first-order chi connectivity index (χ1) is 8.88. The SMILES string of the molecule is Cc1ccc(S(=O)(=O)Nc2ccc(Cl)nn2)c(N)c1. The second-order valence-corrected chi connectivity index (χ2v) is 5.93. The van der Waals surface area contributed by atoms with Gasteiger partial charge in [0.05, 0.1) is 5.69 Å². The zero-order chi connectivity index (χ0) is 14.0. The summed E-state index contributed by atoms with van der Waals surface area (Å²) in [5.74, 6) is 0.0735. The third-order valence-corrected chi connectivity index (χ3v) is 3.96. The highest BCUT2D eigenvalue weighted by molar-refractivity contribution is 7.92. The van der Waals surface area contributed by atoms with E-state index in [1.807, 2.05) is 6.92 Å². The van der Waals surface area contributed by atoms with Gasteiger partial charge in [0.1, 0.15) is 4.90 Å². The quantitative estimate of drug-likeness (QED) is 0.842. The second-order valence-electron chi connectivity index (χ2n) is 3.89. The van der Waals surface area contributed by atoms with Crippen LogP contribution in [-0.4, -0.2) is 18.6 Å². The minimum atomic E-state index is -3.79. The van der Waals surface area contributed by atoms with Crippen molar-refractivity contribution in [1.82, 2.24) is 10.2 Å². The summed E-state index contributed by atoms with van der Waals surface area (Å²) in [7, 11) is -3.79. The molecule has 0 saturated heterocycles. The van der Waals surface area contributed by atoms with Crippen molar-refractivity contribution in [3.63, 3.8) is 0 Å². The predicted molar refractivity (Wildman–Crippen MR) is 73.4 cm³/mol. The van der Waals surface area contributed by atoms with Crippen molar-refractivity contribution >= 4 is 33.1 Å². The van der Waals surface area contributed by atoms with Crippen molar-refractivity contribution in [1.29, 1.82) is 0 Å². The van der Waals surface area contributed by atoms with Crippen LogP contribution in [0.4, 0.5) is 11.5 Å². The van der Waals surface area contributed by atoms with E-state index in [4.69, 9.17) is 17.3 Å². The lowest BCUT2D eigenvalue weighted by molar-refractivity contribution is 0.601. The summed E-state index contributed by atoms with van der Waals surface area (Å²) in [5, 5.41) is 7.35. The Balaban J connectivity index is 2.35. The van der Waals surface area contributed by atoms with E-state index in [1.165, 1.54) is 18.2 Å². The number of hydrogen-bond donors (Lipinski definition) is 2. The summed E-state index contributed by atoms with van der Waals surface area (Å²) in [6.45, 7) is 1.82. The number of anilines is 2. The van der Waals surface area contributed by atoms with Gasteiger partial charge >= 0.3 is 0 Å². The average molecular weight is 299 g/mol. The van der Waals surface area contributed by atoms with E-state index in [0.29, 0.717) is 0 Å². The largest absolute Gasteiger partial charge is 0.398 e. The predicted octanol–water partition coefficient (Wildman–Crippen LogP) is 1.82. The van der Waals surface area contributed by atoms with Gasteiger partial charge in [0.15, 0.2) is 11.0 Å². The lowest BCUT2D eigenvalue weighted by atomic mass is 10.2. The maximum atomic E-state index is 12.1. The highest BCUT2D eigenvalue weighted by atomic mass is 35.5. The fourth-order valence-corrected chi connectivity index (χ4v) is 2.69. The van der Waals surface area contributed by atoms with Gasteiger partial charge in [-0.05, 0) is 36.8 Å². The minimum absolute atomic E-state index is 0.00477. The van der Waals surface area contributed by atoms with Gasteiger partial charge in [-0.25, -0.2) is 8.42 Å². The molecule has 0 atom stereocenters. The molecule has 2 aromatic rings. The fourth-order valence-electron chi connectivity index (χ4n) is 1.48. The topological polar surface area (TPSA) is 98.0 Å². The van der Waals surface area contributed by atoms with Crippen LogP contribution in [0.25, 0.3) is 0 Å². The zero-order valence-electron chi connectivity index (χ0n) is 9.96. The third kappa shape index (κ3) is 3.12. The number of aryl methyl sites for hydroxylation is 1. The van der Waals surface area contributed by atoms with Gasteiger partial charge in [-0.3, -0.25) is 4.72 Å². The maximum Gasteiger partial charge on any atom is 0.265 e. The van der Waals surface area contributed by atoms with Crippen LogP contribution >= 0.6 is 11.6 Å². The van der Waals surface area contributed by atoms with Crippen molar-refractivity contribution in [3.05, 3.63) is 41.0 Å². The summed E-state index contributed by atoms with van der Waals surface area (Å²) in [4.78, 5) is -0.00477. The van der Waals surface area contributed by atoms with Crippen molar-refractivity contribution in [3.8, 4) is 0 Å². The molecular formula is C11H11ClN4O2S. The van der Waals surface area contributed by atoms with Crippen LogP contribution in [0.1, 0.15) is 5.56 Å². The molecule has 0 radical (unpaired) electrons. The smallest absolute Gasteiger partial charge is 0.265 e. The molecule has 0 aliphatic heterocycles. The number of hydrogen-bond acceptors (Lipinski definition) is 5. The van der Waals surface area contributed by atoms with E-state index >= 15 is 0 Å². The molecule has 1 aromatic heterocycles. The molecular weight excluding hydrogens is 288 g/mol. The molecule has 0 amide bonds. The third-order valence-electron chi connectivity index (χ3n) is 2.33. The lowest BCUT2D eigenvalue weighted by Gasteiger charge is -2.09. The van der Waals surface area contributed by atoms with Crippen LogP contribution in [0, 0.1) is 6.92 Å². The molecule has 0 fully saturated rings. The van der Waals surface area contributed by atoms with Crippen LogP contribution in [0.5, 0.6) is 0 Å². The fraction of sp³-hybridized carbons (Fsp3) is 0.0909. The number of benzene rings is 1. The lowest BCUT2D eigenvalue weighted by Crippen LogP contribution is -2.16. The van der Waals surface area contributed by atoms with Gasteiger partial charge in [0.25, 0.3) is 10.0 Å². The number of aromatic nitrogens is 2. The molecule has 0 aliphatic carbocycles. The first-order valence-electron chi connectivity index (χ1n) is 5.27. The van der Waals surface area contributed by atoms with Crippen LogP contribution < -0.4 is 10.5 Å². The van der Waals surface area contributed by atoms with Crippen LogP contribution in [-0.2, 0) is 10.0 Å². The Bertz CT molecular complexity index is 701. The average Bonchev–Trinajstić information content (AvgIpc) is 2.31. The van der Waals surface area contributed by atoms with Gasteiger partial charge in [0, 0.05) is 0 Å². The Morgan fingerprint density at radius 2 is 1.95 bits per heavy atom. The van der Waals surface area contributed by atoms with Crippen LogP contribution in [0.2, 0.25) is 5.15 Å². The molecule has 6 nitrogen and oxygen atoms in total. The zero-order valence-corrected chi connectivity index (χ0v) is 11.5. The molecule has 1 heterocycles. The molecule has 100 valence electrons.